The molecule has 10 heteroatoms. The highest BCUT2D eigenvalue weighted by molar-refractivity contribution is 6.00. The van der Waals surface area contributed by atoms with Gasteiger partial charge in [0.15, 0.2) is 23.9 Å². The van der Waals surface area contributed by atoms with Crippen molar-refractivity contribution in [1.82, 2.24) is 0 Å². The molecule has 0 unspecified atom stereocenters. The Morgan fingerprint density at radius 2 is 1.77 bits per heavy atom. The molecule has 2 aliphatic rings. The summed E-state index contributed by atoms with van der Waals surface area (Å²) in [6, 6.07) is 8.79. The molecule has 2 aromatic rings. The van der Waals surface area contributed by atoms with Gasteiger partial charge in [0.25, 0.3) is 5.69 Å². The van der Waals surface area contributed by atoms with Crippen LogP contribution in [-0.2, 0) is 9.47 Å². The molecule has 0 aliphatic carbocycles. The molecule has 0 saturated carbocycles. The molecule has 0 N–H and O–H groups in total. The van der Waals surface area contributed by atoms with Gasteiger partial charge in [-0.1, -0.05) is 0 Å². The van der Waals surface area contributed by atoms with Gasteiger partial charge >= 0.3 is 5.97 Å². The standard InChI is InChI=1S/C20H18N2O8/c23-17(13-2-4-18-19(10-13)30-12-29-18)11-28-20(24)14-1-3-15(16(9-14)22(25)26)21-5-7-27-8-6-21/h1-4,9-10H,5-8,11-12H2. The van der Waals surface area contributed by atoms with E-state index in [0.717, 1.165) is 6.07 Å². The lowest BCUT2D eigenvalue weighted by Crippen LogP contribution is -2.36. The number of nitro benzene ring substituents is 1. The first kappa shape index (κ1) is 19.6. The van der Waals surface area contributed by atoms with Crippen molar-refractivity contribution in [3.05, 3.63) is 57.6 Å². The maximum Gasteiger partial charge on any atom is 0.338 e. The first-order chi connectivity index (χ1) is 14.5. The van der Waals surface area contributed by atoms with Crippen LogP contribution in [0.1, 0.15) is 20.7 Å². The lowest BCUT2D eigenvalue weighted by Gasteiger charge is -2.28. The van der Waals surface area contributed by atoms with Crippen molar-refractivity contribution in [3.63, 3.8) is 0 Å². The summed E-state index contributed by atoms with van der Waals surface area (Å²) in [6.07, 6.45) is 0. The van der Waals surface area contributed by atoms with E-state index < -0.39 is 23.3 Å². The summed E-state index contributed by atoms with van der Waals surface area (Å²) in [5, 5.41) is 11.5. The van der Waals surface area contributed by atoms with Gasteiger partial charge in [-0.05, 0) is 30.3 Å². The Kier molecular flexibility index (Phi) is 5.48. The van der Waals surface area contributed by atoms with E-state index >= 15 is 0 Å². The molecule has 2 heterocycles. The number of nitro groups is 1. The number of esters is 1. The van der Waals surface area contributed by atoms with Crippen LogP contribution in [0.4, 0.5) is 11.4 Å². The number of rotatable bonds is 6. The van der Waals surface area contributed by atoms with Crippen molar-refractivity contribution in [1.29, 1.82) is 0 Å². The van der Waals surface area contributed by atoms with E-state index in [4.69, 9.17) is 18.9 Å². The van der Waals surface area contributed by atoms with Crippen LogP contribution in [0.15, 0.2) is 36.4 Å². The van der Waals surface area contributed by atoms with Gasteiger partial charge in [0.2, 0.25) is 6.79 Å². The summed E-state index contributed by atoms with van der Waals surface area (Å²) in [4.78, 5) is 37.5. The molecule has 2 aromatic carbocycles. The number of ketones is 1. The van der Waals surface area contributed by atoms with Crippen LogP contribution in [0, 0.1) is 10.1 Å². The van der Waals surface area contributed by atoms with Crippen LogP contribution in [0.2, 0.25) is 0 Å². The SMILES string of the molecule is O=C(COC(=O)c1ccc(N2CCOCC2)c([N+](=O)[O-])c1)c1ccc2c(c1)OCO2. The van der Waals surface area contributed by atoms with Crippen molar-refractivity contribution < 1.29 is 33.5 Å². The average Bonchev–Trinajstić information content (AvgIpc) is 3.25. The summed E-state index contributed by atoms with van der Waals surface area (Å²) in [5.41, 5.74) is 0.516. The number of fused-ring (bicyclic) bond motifs is 1. The first-order valence-electron chi connectivity index (χ1n) is 9.24. The highest BCUT2D eigenvalue weighted by atomic mass is 16.7. The largest absolute Gasteiger partial charge is 0.454 e. The quantitative estimate of drug-likeness (QED) is 0.303. The fraction of sp³-hybridized carbons (Fsp3) is 0.300. The number of Topliss-reactive ketones (excluding diaryl/α,β-unsaturated/α-hetero) is 1. The number of benzene rings is 2. The van der Waals surface area contributed by atoms with Crippen LogP contribution in [-0.4, -0.2) is 56.4 Å². The molecule has 0 bridgehead atoms. The Morgan fingerprint density at radius 3 is 2.53 bits per heavy atom. The van der Waals surface area contributed by atoms with E-state index in [1.54, 1.807) is 12.1 Å². The zero-order chi connectivity index (χ0) is 21.1. The van der Waals surface area contributed by atoms with Gasteiger partial charge < -0.3 is 23.8 Å². The van der Waals surface area contributed by atoms with Gasteiger partial charge in [0.1, 0.15) is 5.69 Å². The molecule has 0 aromatic heterocycles. The monoisotopic (exact) mass is 414 g/mol. The van der Waals surface area contributed by atoms with E-state index in [2.05, 4.69) is 0 Å². The number of carbonyl (C=O) groups excluding carboxylic acids is 2. The molecule has 1 saturated heterocycles. The molecular formula is C20H18N2O8. The van der Waals surface area contributed by atoms with Crippen molar-refractivity contribution in [2.45, 2.75) is 0 Å². The van der Waals surface area contributed by atoms with Crippen LogP contribution in [0.3, 0.4) is 0 Å². The number of hydrogen-bond donors (Lipinski definition) is 0. The average molecular weight is 414 g/mol. The van der Waals surface area contributed by atoms with E-state index in [9.17, 15) is 19.7 Å². The van der Waals surface area contributed by atoms with Gasteiger partial charge in [-0.3, -0.25) is 14.9 Å². The van der Waals surface area contributed by atoms with Crippen LogP contribution in [0.25, 0.3) is 0 Å². The smallest absolute Gasteiger partial charge is 0.338 e. The molecule has 10 nitrogen and oxygen atoms in total. The fourth-order valence-electron chi connectivity index (χ4n) is 3.24. The van der Waals surface area contributed by atoms with Gasteiger partial charge in [0.05, 0.1) is 23.7 Å². The Hall–Kier alpha value is -3.66. The molecular weight excluding hydrogens is 396 g/mol. The molecule has 0 atom stereocenters. The third-order valence-electron chi connectivity index (χ3n) is 4.79. The molecule has 0 radical (unpaired) electrons. The Morgan fingerprint density at radius 1 is 1.03 bits per heavy atom. The molecule has 0 spiro atoms. The minimum Gasteiger partial charge on any atom is -0.454 e. The first-order valence-corrected chi connectivity index (χ1v) is 9.24. The molecule has 2 aliphatic heterocycles. The predicted molar refractivity (Wildman–Crippen MR) is 103 cm³/mol. The number of morpholine rings is 1. The maximum atomic E-state index is 12.4. The summed E-state index contributed by atoms with van der Waals surface area (Å²) >= 11 is 0. The highest BCUT2D eigenvalue weighted by Crippen LogP contribution is 2.33. The van der Waals surface area contributed by atoms with E-state index in [1.165, 1.54) is 18.2 Å². The number of anilines is 1. The number of nitrogens with zero attached hydrogens (tertiary/aromatic N) is 2. The second-order valence-electron chi connectivity index (χ2n) is 6.63. The van der Waals surface area contributed by atoms with E-state index in [0.29, 0.717) is 49.1 Å². The molecule has 0 amide bonds. The van der Waals surface area contributed by atoms with Gasteiger partial charge in [-0.2, -0.15) is 0 Å². The minimum absolute atomic E-state index is 0.00260. The summed E-state index contributed by atoms with van der Waals surface area (Å²) in [5.74, 6) is -0.264. The number of carbonyl (C=O) groups is 2. The van der Waals surface area contributed by atoms with E-state index in [1.807, 2.05) is 4.90 Å². The third kappa shape index (κ3) is 4.03. The third-order valence-corrected chi connectivity index (χ3v) is 4.79. The topological polar surface area (TPSA) is 117 Å². The van der Waals surface area contributed by atoms with Crippen molar-refractivity contribution in [2.75, 3.05) is 44.6 Å². The van der Waals surface area contributed by atoms with Gasteiger partial charge in [-0.25, -0.2) is 4.79 Å². The summed E-state index contributed by atoms with van der Waals surface area (Å²) < 4.78 is 20.7. The zero-order valence-corrected chi connectivity index (χ0v) is 15.9. The number of hydrogen-bond acceptors (Lipinski definition) is 9. The minimum atomic E-state index is -0.819. The van der Waals surface area contributed by atoms with Gasteiger partial charge in [0, 0.05) is 24.7 Å². The Labute approximate surface area is 171 Å². The Balaban J connectivity index is 1.44. The molecule has 30 heavy (non-hydrogen) atoms. The molecule has 156 valence electrons. The van der Waals surface area contributed by atoms with Crippen LogP contribution >= 0.6 is 0 Å². The predicted octanol–water partition coefficient (Wildman–Crippen LogP) is 2.20. The maximum absolute atomic E-state index is 12.4. The lowest BCUT2D eigenvalue weighted by atomic mass is 10.1. The second kappa shape index (κ2) is 8.37. The van der Waals surface area contributed by atoms with Gasteiger partial charge in [-0.15, -0.1) is 0 Å². The van der Waals surface area contributed by atoms with Crippen molar-refractivity contribution in [3.8, 4) is 11.5 Å². The second-order valence-corrected chi connectivity index (χ2v) is 6.63. The lowest BCUT2D eigenvalue weighted by molar-refractivity contribution is -0.384. The summed E-state index contributed by atoms with van der Waals surface area (Å²) in [6.45, 7) is 1.58. The highest BCUT2D eigenvalue weighted by Gasteiger charge is 2.24. The molecule has 1 fully saturated rings. The van der Waals surface area contributed by atoms with Crippen molar-refractivity contribution >= 4 is 23.1 Å². The fourth-order valence-corrected chi connectivity index (χ4v) is 3.24. The summed E-state index contributed by atoms with van der Waals surface area (Å²) in [7, 11) is 0. The normalized spacial score (nSPS) is 15.0. The van der Waals surface area contributed by atoms with E-state index in [-0.39, 0.29) is 18.0 Å². The van der Waals surface area contributed by atoms with Crippen LogP contribution < -0.4 is 14.4 Å². The zero-order valence-electron chi connectivity index (χ0n) is 15.9. The number of ether oxygens (including phenoxy) is 4. The van der Waals surface area contributed by atoms with Crippen LogP contribution in [0.5, 0.6) is 11.5 Å². The van der Waals surface area contributed by atoms with Crippen molar-refractivity contribution in [2.24, 2.45) is 0 Å². The molecule has 4 rings (SSSR count). The Bertz CT molecular complexity index is 1000.